The van der Waals surface area contributed by atoms with Crippen LogP contribution in [0.15, 0.2) is 18.2 Å². The number of rotatable bonds is 14. The number of nitrogens with one attached hydrogen (secondary N) is 2. The number of carbonyl (C=O) groups excluding carboxylic acids is 1. The standard InChI is InChI=1S/C31H46FN3O6SSi/c1-30(2,3)41-29(38)34-18-11-13-22-15-16-24(23(32)21-22)39-19-12-14-25-26(27(36)37)35-28(42-25)33-17-9-10-20-40-43(7,8)31(4,5)6/h15-16,21H,9-10,12,14,17-20H2,1-8H3,(H,33,35)(H,34,38)(H,36,37). The average molecular weight is 636 g/mol. The predicted octanol–water partition coefficient (Wildman–Crippen LogP) is 7.08. The highest BCUT2D eigenvalue weighted by molar-refractivity contribution is 7.15. The minimum Gasteiger partial charge on any atom is -0.491 e. The van der Waals surface area contributed by atoms with E-state index in [1.54, 1.807) is 26.8 Å². The fourth-order valence-corrected chi connectivity index (χ4v) is 5.53. The summed E-state index contributed by atoms with van der Waals surface area (Å²) in [6.45, 7) is 18.1. The molecule has 0 aliphatic heterocycles. The number of anilines is 1. The van der Waals surface area contributed by atoms with Gasteiger partial charge < -0.3 is 29.6 Å². The summed E-state index contributed by atoms with van der Waals surface area (Å²) in [4.78, 5) is 28.3. The first kappa shape index (κ1) is 36.1. The number of hydrogen-bond acceptors (Lipinski definition) is 8. The number of carbonyl (C=O) groups is 2. The van der Waals surface area contributed by atoms with Gasteiger partial charge >= 0.3 is 12.1 Å². The summed E-state index contributed by atoms with van der Waals surface area (Å²) in [5, 5.41) is 16.1. The van der Waals surface area contributed by atoms with Crippen molar-refractivity contribution in [2.45, 2.75) is 91.0 Å². The Hall–Kier alpha value is -3.14. The average Bonchev–Trinajstić information content (AvgIpc) is 3.29. The van der Waals surface area contributed by atoms with Crippen LogP contribution in [-0.4, -0.2) is 62.4 Å². The number of carboxylic acids is 1. The van der Waals surface area contributed by atoms with Gasteiger partial charge in [0.15, 0.2) is 30.7 Å². The third kappa shape index (κ3) is 12.9. The maximum Gasteiger partial charge on any atom is 0.408 e. The second-order valence-corrected chi connectivity index (χ2v) is 18.5. The largest absolute Gasteiger partial charge is 0.491 e. The van der Waals surface area contributed by atoms with E-state index in [4.69, 9.17) is 13.9 Å². The van der Waals surface area contributed by atoms with Crippen LogP contribution < -0.4 is 15.4 Å². The van der Waals surface area contributed by atoms with Gasteiger partial charge in [0.05, 0.1) is 13.2 Å². The van der Waals surface area contributed by atoms with Crippen LogP contribution in [0.25, 0.3) is 0 Å². The van der Waals surface area contributed by atoms with Crippen molar-refractivity contribution >= 4 is 36.8 Å². The number of alkyl carbamates (subject to hydrolysis) is 1. The number of unbranched alkanes of at least 4 members (excludes halogenated alkanes) is 1. The lowest BCUT2D eigenvalue weighted by atomic mass is 10.2. The molecule has 12 heteroatoms. The highest BCUT2D eigenvalue weighted by Gasteiger charge is 2.36. The van der Waals surface area contributed by atoms with Crippen LogP contribution in [0.2, 0.25) is 18.1 Å². The second-order valence-electron chi connectivity index (χ2n) is 12.6. The SMILES string of the molecule is CC(C)(C)OC(=O)NCC#Cc1ccc(OCCCc2sc(NCCCCO[Si](C)(C)C(C)(C)C)nc2C(=O)O)c(F)c1. The number of aromatic carboxylic acids is 1. The fraction of sp³-hybridized carbons (Fsp3) is 0.581. The predicted molar refractivity (Wildman–Crippen MR) is 171 cm³/mol. The van der Waals surface area contributed by atoms with Crippen LogP contribution in [0.5, 0.6) is 5.75 Å². The summed E-state index contributed by atoms with van der Waals surface area (Å²) in [5.41, 5.74) is -0.129. The summed E-state index contributed by atoms with van der Waals surface area (Å²) in [6, 6.07) is 4.39. The van der Waals surface area contributed by atoms with Gasteiger partial charge in [-0.15, -0.1) is 11.3 Å². The van der Waals surface area contributed by atoms with Crippen LogP contribution in [0, 0.1) is 17.7 Å². The third-order valence-corrected chi connectivity index (χ3v) is 12.3. The molecule has 9 nitrogen and oxygen atoms in total. The lowest BCUT2D eigenvalue weighted by Crippen LogP contribution is -2.41. The van der Waals surface area contributed by atoms with Gasteiger partial charge in [-0.05, 0) is 82.8 Å². The number of hydrogen-bond donors (Lipinski definition) is 3. The smallest absolute Gasteiger partial charge is 0.408 e. The molecule has 0 bridgehead atoms. The summed E-state index contributed by atoms with van der Waals surface area (Å²) in [6.07, 6.45) is 2.16. The van der Waals surface area contributed by atoms with Crippen LogP contribution in [0.3, 0.4) is 0 Å². The molecule has 1 amide bonds. The number of carboxylic acid groups (broad SMARTS) is 1. The molecular formula is C31H46FN3O6SSi. The van der Waals surface area contributed by atoms with Gasteiger partial charge in [0.2, 0.25) is 0 Å². The minimum atomic E-state index is -1.75. The Balaban J connectivity index is 1.78. The molecule has 0 unspecified atom stereocenters. The quantitative estimate of drug-likeness (QED) is 0.114. The molecule has 0 atom stereocenters. The Morgan fingerprint density at radius 2 is 1.81 bits per heavy atom. The van der Waals surface area contributed by atoms with Crippen LogP contribution in [-0.2, 0) is 15.6 Å². The van der Waals surface area contributed by atoms with Crippen molar-refractivity contribution in [2.24, 2.45) is 0 Å². The maximum atomic E-state index is 14.5. The zero-order valence-corrected chi connectivity index (χ0v) is 28.4. The first-order valence-corrected chi connectivity index (χ1v) is 18.2. The van der Waals surface area contributed by atoms with E-state index >= 15 is 0 Å². The molecule has 0 radical (unpaired) electrons. The van der Waals surface area contributed by atoms with E-state index in [0.29, 0.717) is 41.6 Å². The van der Waals surface area contributed by atoms with E-state index in [9.17, 15) is 19.1 Å². The summed E-state index contributed by atoms with van der Waals surface area (Å²) in [5.74, 6) is 3.99. The van der Waals surface area contributed by atoms with E-state index in [-0.39, 0.29) is 29.6 Å². The molecule has 1 aromatic heterocycles. The summed E-state index contributed by atoms with van der Waals surface area (Å²) >= 11 is 1.32. The van der Waals surface area contributed by atoms with Gasteiger partial charge in [-0.1, -0.05) is 32.6 Å². The Kier molecular flexibility index (Phi) is 13.5. The molecule has 1 heterocycles. The molecule has 0 aliphatic carbocycles. The molecule has 3 N–H and O–H groups in total. The third-order valence-electron chi connectivity index (χ3n) is 6.71. The Bertz CT molecular complexity index is 1290. The molecule has 1 aromatic carbocycles. The highest BCUT2D eigenvalue weighted by atomic mass is 32.1. The Labute approximate surface area is 260 Å². The van der Waals surface area contributed by atoms with Crippen molar-refractivity contribution in [1.82, 2.24) is 10.3 Å². The van der Waals surface area contributed by atoms with Gasteiger partial charge in [0.1, 0.15) is 5.60 Å². The van der Waals surface area contributed by atoms with Gasteiger partial charge in [0.25, 0.3) is 0 Å². The zero-order valence-electron chi connectivity index (χ0n) is 26.6. The van der Waals surface area contributed by atoms with Crippen molar-refractivity contribution in [2.75, 3.05) is 31.6 Å². The molecule has 2 aromatic rings. The molecule has 43 heavy (non-hydrogen) atoms. The monoisotopic (exact) mass is 635 g/mol. The van der Waals surface area contributed by atoms with Gasteiger partial charge in [0, 0.05) is 23.6 Å². The van der Waals surface area contributed by atoms with Crippen molar-refractivity contribution in [3.8, 4) is 17.6 Å². The number of aryl methyl sites for hydroxylation is 1. The maximum absolute atomic E-state index is 14.5. The van der Waals surface area contributed by atoms with E-state index in [0.717, 1.165) is 12.8 Å². The summed E-state index contributed by atoms with van der Waals surface area (Å²) < 4.78 is 31.4. The number of benzene rings is 1. The van der Waals surface area contributed by atoms with Crippen molar-refractivity contribution < 1.29 is 33.0 Å². The van der Waals surface area contributed by atoms with E-state index in [1.807, 2.05) is 0 Å². The van der Waals surface area contributed by atoms with Crippen molar-refractivity contribution in [3.63, 3.8) is 0 Å². The lowest BCUT2D eigenvalue weighted by molar-refractivity contribution is 0.0534. The first-order chi connectivity index (χ1) is 20.0. The van der Waals surface area contributed by atoms with Crippen molar-refractivity contribution in [3.05, 3.63) is 40.2 Å². The molecule has 0 spiro atoms. The number of aromatic nitrogens is 1. The number of nitrogens with zero attached hydrogens (tertiary/aromatic N) is 1. The number of halogens is 1. The molecule has 2 rings (SSSR count). The molecular weight excluding hydrogens is 590 g/mol. The number of ether oxygens (including phenoxy) is 2. The van der Waals surface area contributed by atoms with Gasteiger partial charge in [-0.2, -0.15) is 0 Å². The van der Waals surface area contributed by atoms with Crippen LogP contribution in [0.4, 0.5) is 14.3 Å². The molecule has 0 aliphatic rings. The topological polar surface area (TPSA) is 119 Å². The van der Waals surface area contributed by atoms with Crippen LogP contribution >= 0.6 is 11.3 Å². The summed E-state index contributed by atoms with van der Waals surface area (Å²) in [7, 11) is -1.75. The molecule has 0 saturated heterocycles. The number of amides is 1. The lowest BCUT2D eigenvalue weighted by Gasteiger charge is -2.36. The molecule has 0 fully saturated rings. The Morgan fingerprint density at radius 1 is 1.09 bits per heavy atom. The highest BCUT2D eigenvalue weighted by Crippen LogP contribution is 2.36. The molecule has 0 saturated carbocycles. The molecule has 238 valence electrons. The first-order valence-electron chi connectivity index (χ1n) is 14.5. The van der Waals surface area contributed by atoms with Gasteiger partial charge in [-0.25, -0.2) is 19.0 Å². The van der Waals surface area contributed by atoms with E-state index in [1.165, 1.54) is 23.5 Å². The van der Waals surface area contributed by atoms with Crippen LogP contribution in [0.1, 0.15) is 81.7 Å². The van der Waals surface area contributed by atoms with E-state index in [2.05, 4.69) is 61.3 Å². The zero-order chi connectivity index (χ0) is 32.3. The number of thiazole rings is 1. The Morgan fingerprint density at radius 3 is 2.44 bits per heavy atom. The fourth-order valence-electron chi connectivity index (χ4n) is 3.42. The minimum absolute atomic E-state index is 0.0315. The van der Waals surface area contributed by atoms with E-state index < -0.39 is 31.8 Å². The normalized spacial score (nSPS) is 11.8. The van der Waals surface area contributed by atoms with Gasteiger partial charge in [-0.3, -0.25) is 0 Å². The second kappa shape index (κ2) is 16.1. The van der Waals surface area contributed by atoms with Crippen molar-refractivity contribution in [1.29, 1.82) is 0 Å².